The van der Waals surface area contributed by atoms with E-state index < -0.39 is 35.1 Å². The van der Waals surface area contributed by atoms with E-state index in [0.717, 1.165) is 4.90 Å². The van der Waals surface area contributed by atoms with Gasteiger partial charge in [-0.25, -0.2) is 4.79 Å². The molecule has 23 heavy (non-hydrogen) atoms. The molecule has 7 nitrogen and oxygen atoms in total. The summed E-state index contributed by atoms with van der Waals surface area (Å²) in [5, 5.41) is 9.19. The number of hydrogen-bond acceptors (Lipinski definition) is 5. The number of likely N-dealkylation sites (tertiary alicyclic amines) is 1. The Morgan fingerprint density at radius 3 is 2.52 bits per heavy atom. The molecule has 1 heterocycles. The van der Waals surface area contributed by atoms with Crippen molar-refractivity contribution in [2.75, 3.05) is 13.2 Å². The van der Waals surface area contributed by atoms with E-state index in [1.165, 1.54) is 19.9 Å². The van der Waals surface area contributed by atoms with Crippen LogP contribution in [0.4, 0.5) is 0 Å². The van der Waals surface area contributed by atoms with Crippen molar-refractivity contribution in [3.05, 3.63) is 12.7 Å². The summed E-state index contributed by atoms with van der Waals surface area (Å²) in [4.78, 5) is 48.5. The summed E-state index contributed by atoms with van der Waals surface area (Å²) in [6, 6.07) is -0.973. The monoisotopic (exact) mass is 325 g/mol. The van der Waals surface area contributed by atoms with Gasteiger partial charge in [0.2, 0.25) is 5.78 Å². The molecule has 1 rings (SSSR count). The fourth-order valence-electron chi connectivity index (χ4n) is 2.35. The van der Waals surface area contributed by atoms with Gasteiger partial charge in [0.25, 0.3) is 5.91 Å². The van der Waals surface area contributed by atoms with Crippen LogP contribution in [0.25, 0.3) is 0 Å². The fourth-order valence-corrected chi connectivity index (χ4v) is 2.35. The van der Waals surface area contributed by atoms with Gasteiger partial charge in [-0.2, -0.15) is 0 Å². The van der Waals surface area contributed by atoms with Crippen LogP contribution in [-0.4, -0.2) is 52.8 Å². The number of nitrogens with zero attached hydrogens (tertiary/aromatic N) is 1. The first-order valence-corrected chi connectivity index (χ1v) is 7.55. The van der Waals surface area contributed by atoms with Crippen LogP contribution < -0.4 is 0 Å². The lowest BCUT2D eigenvalue weighted by molar-refractivity contribution is -0.160. The molecule has 1 saturated heterocycles. The number of carbonyl (C=O) groups excluding carboxylic acids is 3. The molecular weight excluding hydrogens is 302 g/mol. The minimum atomic E-state index is -1.21. The number of esters is 1. The Kier molecular flexibility index (Phi) is 6.48. The van der Waals surface area contributed by atoms with Crippen LogP contribution in [0, 0.1) is 5.41 Å². The van der Waals surface area contributed by atoms with E-state index >= 15 is 0 Å². The van der Waals surface area contributed by atoms with Crippen molar-refractivity contribution in [1.82, 2.24) is 4.90 Å². The van der Waals surface area contributed by atoms with E-state index in [1.807, 2.05) is 0 Å². The SMILES string of the molecule is C=CCC(=O)OCC(C)(C)C(=O)C(=O)N1CCCC[C@H]1C(=O)O. The lowest BCUT2D eigenvalue weighted by atomic mass is 9.87. The minimum absolute atomic E-state index is 0.0193. The smallest absolute Gasteiger partial charge is 0.326 e. The van der Waals surface area contributed by atoms with Gasteiger partial charge in [-0.15, -0.1) is 6.58 Å². The van der Waals surface area contributed by atoms with E-state index in [-0.39, 0.29) is 19.6 Å². The molecule has 128 valence electrons. The molecule has 0 bridgehead atoms. The lowest BCUT2D eigenvalue weighted by Gasteiger charge is -2.34. The maximum Gasteiger partial charge on any atom is 0.326 e. The number of rotatable bonds is 7. The van der Waals surface area contributed by atoms with Crippen molar-refractivity contribution in [3.8, 4) is 0 Å². The molecule has 0 aromatic carbocycles. The highest BCUT2D eigenvalue weighted by Crippen LogP contribution is 2.23. The van der Waals surface area contributed by atoms with Crippen LogP contribution in [0.15, 0.2) is 12.7 Å². The van der Waals surface area contributed by atoms with Crippen LogP contribution in [0.3, 0.4) is 0 Å². The topological polar surface area (TPSA) is 101 Å². The largest absolute Gasteiger partial charge is 0.480 e. The number of carboxylic acid groups (broad SMARTS) is 1. The van der Waals surface area contributed by atoms with Gasteiger partial charge in [0.05, 0.1) is 11.8 Å². The number of ether oxygens (including phenoxy) is 1. The lowest BCUT2D eigenvalue weighted by Crippen LogP contribution is -2.53. The molecule has 0 aromatic rings. The van der Waals surface area contributed by atoms with Gasteiger partial charge in [0.15, 0.2) is 0 Å². The van der Waals surface area contributed by atoms with Crippen LogP contribution in [0.5, 0.6) is 0 Å². The van der Waals surface area contributed by atoms with Gasteiger partial charge < -0.3 is 14.7 Å². The molecule has 0 spiro atoms. The Hall–Kier alpha value is -2.18. The molecule has 1 atom stereocenters. The van der Waals surface area contributed by atoms with E-state index in [9.17, 15) is 24.3 Å². The number of ketones is 1. The number of aliphatic carboxylic acids is 1. The van der Waals surface area contributed by atoms with Crippen LogP contribution >= 0.6 is 0 Å². The van der Waals surface area contributed by atoms with Gasteiger partial charge in [-0.1, -0.05) is 6.08 Å². The van der Waals surface area contributed by atoms with Gasteiger partial charge >= 0.3 is 11.9 Å². The van der Waals surface area contributed by atoms with Crippen LogP contribution in [0.1, 0.15) is 39.5 Å². The first kappa shape index (κ1) is 18.9. The number of piperidine rings is 1. The van der Waals surface area contributed by atoms with Crippen molar-refractivity contribution < 1.29 is 29.0 Å². The van der Waals surface area contributed by atoms with E-state index in [4.69, 9.17) is 4.74 Å². The number of amides is 1. The summed E-state index contributed by atoms with van der Waals surface area (Å²) < 4.78 is 4.96. The summed E-state index contributed by atoms with van der Waals surface area (Å²) in [5.74, 6) is -3.23. The average molecular weight is 325 g/mol. The summed E-state index contributed by atoms with van der Waals surface area (Å²) >= 11 is 0. The third kappa shape index (κ3) is 4.91. The third-order valence-corrected chi connectivity index (χ3v) is 3.76. The highest BCUT2D eigenvalue weighted by atomic mass is 16.5. The molecule has 7 heteroatoms. The molecule has 0 radical (unpaired) electrons. The Morgan fingerprint density at radius 2 is 1.96 bits per heavy atom. The van der Waals surface area contributed by atoms with Crippen LogP contribution in [0.2, 0.25) is 0 Å². The van der Waals surface area contributed by atoms with Crippen molar-refractivity contribution in [3.63, 3.8) is 0 Å². The molecule has 0 unspecified atom stereocenters. The molecule has 1 N–H and O–H groups in total. The normalized spacial score (nSPS) is 18.2. The number of carboxylic acids is 1. The quantitative estimate of drug-likeness (QED) is 0.428. The Labute approximate surface area is 135 Å². The van der Waals surface area contributed by atoms with Crippen molar-refractivity contribution in [1.29, 1.82) is 0 Å². The number of carbonyl (C=O) groups is 4. The highest BCUT2D eigenvalue weighted by Gasteiger charge is 2.41. The molecule has 0 aromatic heterocycles. The zero-order valence-electron chi connectivity index (χ0n) is 13.5. The maximum absolute atomic E-state index is 12.4. The Balaban J connectivity index is 2.76. The van der Waals surface area contributed by atoms with Crippen molar-refractivity contribution in [2.45, 2.75) is 45.6 Å². The second kappa shape index (κ2) is 7.89. The Bertz CT molecular complexity index is 511. The average Bonchev–Trinajstić information content (AvgIpc) is 2.52. The van der Waals surface area contributed by atoms with E-state index in [2.05, 4.69) is 6.58 Å². The summed E-state index contributed by atoms with van der Waals surface area (Å²) in [6.45, 7) is 6.40. The number of Topliss-reactive ketones (excluding diaryl/α,β-unsaturated/α-hetero) is 1. The standard InChI is InChI=1S/C16H23NO6/c1-4-7-12(18)23-10-16(2,3)13(19)14(20)17-9-6-5-8-11(17)15(21)22/h4,11H,1,5-10H2,2-3H3,(H,21,22)/t11-/m0/s1. The van der Waals surface area contributed by atoms with Gasteiger partial charge in [0, 0.05) is 6.54 Å². The summed E-state index contributed by atoms with van der Waals surface area (Å²) in [6.07, 6.45) is 3.11. The van der Waals surface area contributed by atoms with E-state index in [1.54, 1.807) is 0 Å². The van der Waals surface area contributed by atoms with Crippen molar-refractivity contribution in [2.24, 2.45) is 5.41 Å². The molecule has 0 aliphatic carbocycles. The maximum atomic E-state index is 12.4. The first-order chi connectivity index (χ1) is 10.7. The molecule has 0 saturated carbocycles. The predicted molar refractivity (Wildman–Crippen MR) is 81.5 cm³/mol. The molecule has 1 fully saturated rings. The van der Waals surface area contributed by atoms with Gasteiger partial charge in [-0.05, 0) is 33.1 Å². The first-order valence-electron chi connectivity index (χ1n) is 7.55. The highest BCUT2D eigenvalue weighted by molar-refractivity contribution is 6.38. The van der Waals surface area contributed by atoms with Crippen molar-refractivity contribution >= 4 is 23.6 Å². The third-order valence-electron chi connectivity index (χ3n) is 3.76. The van der Waals surface area contributed by atoms with Gasteiger partial charge in [-0.3, -0.25) is 14.4 Å². The Morgan fingerprint density at radius 1 is 1.30 bits per heavy atom. The van der Waals surface area contributed by atoms with Gasteiger partial charge in [0.1, 0.15) is 12.6 Å². The summed E-state index contributed by atoms with van der Waals surface area (Å²) in [7, 11) is 0. The predicted octanol–water partition coefficient (Wildman–Crippen LogP) is 1.17. The second-order valence-electron chi connectivity index (χ2n) is 6.21. The molecular formula is C16H23NO6. The molecule has 1 aliphatic rings. The zero-order chi connectivity index (χ0) is 17.6. The van der Waals surface area contributed by atoms with E-state index in [0.29, 0.717) is 19.3 Å². The van der Waals surface area contributed by atoms with Crippen LogP contribution in [-0.2, 0) is 23.9 Å². The molecule has 1 aliphatic heterocycles. The molecule has 1 amide bonds. The summed E-state index contributed by atoms with van der Waals surface area (Å²) in [5.41, 5.74) is -1.21. The second-order valence-corrected chi connectivity index (χ2v) is 6.21. The zero-order valence-corrected chi connectivity index (χ0v) is 13.5. The number of hydrogen-bond donors (Lipinski definition) is 1. The fraction of sp³-hybridized carbons (Fsp3) is 0.625. The minimum Gasteiger partial charge on any atom is -0.480 e.